The maximum atomic E-state index is 12.9. The number of carbonyl (C=O) groups excluding carboxylic acids is 1. The molecule has 27 heavy (non-hydrogen) atoms. The van der Waals surface area contributed by atoms with E-state index in [-0.39, 0.29) is 17.4 Å². The van der Waals surface area contributed by atoms with E-state index in [0.717, 1.165) is 38.3 Å². The monoisotopic (exact) mass is 371 g/mol. The molecule has 2 aromatic heterocycles. The van der Waals surface area contributed by atoms with Crippen molar-refractivity contribution in [3.63, 3.8) is 0 Å². The van der Waals surface area contributed by atoms with E-state index in [2.05, 4.69) is 10.1 Å². The molecule has 1 amide bonds. The molecule has 0 N–H and O–H groups in total. The number of ether oxygens (including phenoxy) is 1. The van der Waals surface area contributed by atoms with Gasteiger partial charge in [-0.2, -0.15) is 0 Å². The summed E-state index contributed by atoms with van der Waals surface area (Å²) in [6, 6.07) is 0. The molecular weight excluding hydrogens is 346 g/mol. The lowest BCUT2D eigenvalue weighted by Crippen LogP contribution is -2.42. The Labute approximate surface area is 157 Å². The Balaban J connectivity index is 1.69. The molecule has 144 valence electrons. The number of anilines is 1. The maximum absolute atomic E-state index is 12.9. The Bertz CT molecular complexity index is 937. The molecule has 2 aromatic rings. The van der Waals surface area contributed by atoms with Crippen molar-refractivity contribution in [2.75, 3.05) is 24.7 Å². The van der Waals surface area contributed by atoms with Crippen molar-refractivity contribution < 1.29 is 9.53 Å². The number of nitrogens with zero attached hydrogens (tertiary/aromatic N) is 5. The zero-order valence-electron chi connectivity index (χ0n) is 15.8. The minimum atomic E-state index is -0.148. The Morgan fingerprint density at radius 1 is 1.30 bits per heavy atom. The lowest BCUT2D eigenvalue weighted by molar-refractivity contribution is -0.114. The lowest BCUT2D eigenvalue weighted by atomic mass is 10.00. The van der Waals surface area contributed by atoms with Gasteiger partial charge in [0.2, 0.25) is 5.95 Å². The predicted octanol–water partition coefficient (Wildman–Crippen LogP) is 1.73. The molecule has 0 unspecified atom stereocenters. The molecule has 0 radical (unpaired) electrons. The smallest absolute Gasteiger partial charge is 0.280 e. The molecule has 8 heteroatoms. The number of fused-ring (bicyclic) bond motifs is 2. The molecule has 1 saturated heterocycles. The normalized spacial score (nSPS) is 18.6. The zero-order valence-corrected chi connectivity index (χ0v) is 15.8. The van der Waals surface area contributed by atoms with Crippen LogP contribution in [0.4, 0.5) is 5.95 Å². The van der Waals surface area contributed by atoms with E-state index in [0.29, 0.717) is 30.5 Å². The SMILES string of the molecule is CC(C)c1ncc2c(=O)n3c(nn12)N(C(=O)/C=C/C1CCOCC1)CCC3. The molecule has 0 aliphatic carbocycles. The van der Waals surface area contributed by atoms with Gasteiger partial charge in [0.05, 0.1) is 6.20 Å². The number of rotatable bonds is 3. The van der Waals surface area contributed by atoms with E-state index in [1.54, 1.807) is 26.3 Å². The predicted molar refractivity (Wildman–Crippen MR) is 101 cm³/mol. The number of allylic oxidation sites excluding steroid dienone is 1. The van der Waals surface area contributed by atoms with Gasteiger partial charge in [0.1, 0.15) is 5.82 Å². The van der Waals surface area contributed by atoms with Crippen LogP contribution < -0.4 is 10.5 Å². The highest BCUT2D eigenvalue weighted by molar-refractivity contribution is 6.00. The van der Waals surface area contributed by atoms with Crippen molar-refractivity contribution in [1.29, 1.82) is 0 Å². The summed E-state index contributed by atoms with van der Waals surface area (Å²) in [5, 5.41) is 4.62. The number of hydrogen-bond acceptors (Lipinski definition) is 5. The summed E-state index contributed by atoms with van der Waals surface area (Å²) in [4.78, 5) is 31.7. The number of amides is 1. The van der Waals surface area contributed by atoms with Gasteiger partial charge in [0, 0.05) is 32.2 Å². The van der Waals surface area contributed by atoms with Crippen LogP contribution in [-0.4, -0.2) is 44.8 Å². The van der Waals surface area contributed by atoms with E-state index in [9.17, 15) is 9.59 Å². The first kappa shape index (κ1) is 17.9. The van der Waals surface area contributed by atoms with Crippen LogP contribution in [0.1, 0.15) is 44.9 Å². The quantitative estimate of drug-likeness (QED) is 0.768. The molecule has 0 spiro atoms. The summed E-state index contributed by atoms with van der Waals surface area (Å²) < 4.78 is 8.54. The van der Waals surface area contributed by atoms with Crippen LogP contribution in [0.15, 0.2) is 23.1 Å². The van der Waals surface area contributed by atoms with E-state index in [4.69, 9.17) is 4.74 Å². The van der Waals surface area contributed by atoms with Crippen LogP contribution in [0.25, 0.3) is 5.52 Å². The van der Waals surface area contributed by atoms with Crippen molar-refractivity contribution in [3.05, 3.63) is 34.5 Å². The number of imidazole rings is 1. The molecule has 1 fully saturated rings. The Morgan fingerprint density at radius 3 is 2.81 bits per heavy atom. The van der Waals surface area contributed by atoms with Crippen LogP contribution in [0.2, 0.25) is 0 Å². The van der Waals surface area contributed by atoms with Gasteiger partial charge >= 0.3 is 0 Å². The van der Waals surface area contributed by atoms with Crippen molar-refractivity contribution in [2.45, 2.75) is 45.6 Å². The fourth-order valence-corrected chi connectivity index (χ4v) is 3.69. The van der Waals surface area contributed by atoms with Gasteiger partial charge < -0.3 is 4.74 Å². The molecule has 8 nitrogen and oxygen atoms in total. The molecule has 4 heterocycles. The molecule has 0 bridgehead atoms. The van der Waals surface area contributed by atoms with Crippen molar-refractivity contribution >= 4 is 17.4 Å². The number of hydrogen-bond donors (Lipinski definition) is 0. The lowest BCUT2D eigenvalue weighted by Gasteiger charge is -2.28. The van der Waals surface area contributed by atoms with Gasteiger partial charge in [-0.05, 0) is 31.3 Å². The first-order valence-electron chi connectivity index (χ1n) is 9.62. The fraction of sp³-hybridized carbons (Fsp3) is 0.579. The highest BCUT2D eigenvalue weighted by Gasteiger charge is 2.26. The minimum absolute atomic E-state index is 0.128. The van der Waals surface area contributed by atoms with Crippen LogP contribution in [0.5, 0.6) is 0 Å². The second-order valence-corrected chi connectivity index (χ2v) is 7.48. The largest absolute Gasteiger partial charge is 0.381 e. The van der Waals surface area contributed by atoms with Crippen LogP contribution >= 0.6 is 0 Å². The molecule has 0 atom stereocenters. The highest BCUT2D eigenvalue weighted by atomic mass is 16.5. The molecule has 0 aromatic carbocycles. The van der Waals surface area contributed by atoms with E-state index >= 15 is 0 Å². The van der Waals surface area contributed by atoms with Crippen LogP contribution in [-0.2, 0) is 16.1 Å². The van der Waals surface area contributed by atoms with Crippen LogP contribution in [0, 0.1) is 5.92 Å². The topological polar surface area (TPSA) is 81.7 Å². The van der Waals surface area contributed by atoms with E-state index < -0.39 is 0 Å². The van der Waals surface area contributed by atoms with Crippen molar-refractivity contribution in [3.8, 4) is 0 Å². The second-order valence-electron chi connectivity index (χ2n) is 7.48. The first-order chi connectivity index (χ1) is 13.1. The molecule has 2 aliphatic rings. The summed E-state index contributed by atoms with van der Waals surface area (Å²) in [5.41, 5.74) is 0.305. The fourth-order valence-electron chi connectivity index (χ4n) is 3.69. The second kappa shape index (κ2) is 7.26. The summed E-state index contributed by atoms with van der Waals surface area (Å²) in [5.74, 6) is 1.49. The highest BCUT2D eigenvalue weighted by Crippen LogP contribution is 2.21. The van der Waals surface area contributed by atoms with Gasteiger partial charge in [-0.3, -0.25) is 19.1 Å². The van der Waals surface area contributed by atoms with Crippen molar-refractivity contribution in [1.82, 2.24) is 19.2 Å². The Morgan fingerprint density at radius 2 is 2.07 bits per heavy atom. The summed E-state index contributed by atoms with van der Waals surface area (Å²) in [6.07, 6.45) is 7.77. The third kappa shape index (κ3) is 3.29. The van der Waals surface area contributed by atoms with E-state index in [1.807, 2.05) is 19.9 Å². The summed E-state index contributed by atoms with van der Waals surface area (Å²) in [7, 11) is 0. The van der Waals surface area contributed by atoms with Gasteiger partial charge in [0.15, 0.2) is 5.52 Å². The molecular formula is C19H25N5O3. The van der Waals surface area contributed by atoms with Crippen LogP contribution in [0.3, 0.4) is 0 Å². The Hall–Kier alpha value is -2.48. The van der Waals surface area contributed by atoms with Gasteiger partial charge in [-0.25, -0.2) is 9.50 Å². The van der Waals surface area contributed by atoms with Gasteiger partial charge in [-0.15, -0.1) is 5.10 Å². The third-order valence-electron chi connectivity index (χ3n) is 5.22. The molecule has 4 rings (SSSR count). The van der Waals surface area contributed by atoms with Gasteiger partial charge in [-0.1, -0.05) is 19.9 Å². The first-order valence-corrected chi connectivity index (χ1v) is 9.62. The minimum Gasteiger partial charge on any atom is -0.381 e. The average Bonchev–Trinajstić information content (AvgIpc) is 3.11. The standard InChI is InChI=1S/C19H25N5O3/c1-13(2)17-20-12-15-18(26)23-9-3-8-22(19(23)21-24(15)17)16(25)5-4-14-6-10-27-11-7-14/h4-5,12-14H,3,6-11H2,1-2H3/b5-4+. The van der Waals surface area contributed by atoms with Gasteiger partial charge in [0.25, 0.3) is 11.5 Å². The maximum Gasteiger partial charge on any atom is 0.280 e. The number of carbonyl (C=O) groups is 1. The van der Waals surface area contributed by atoms with E-state index in [1.165, 1.54) is 0 Å². The number of aromatic nitrogens is 4. The van der Waals surface area contributed by atoms with Crippen molar-refractivity contribution in [2.24, 2.45) is 5.92 Å². The molecule has 0 saturated carbocycles. The summed E-state index contributed by atoms with van der Waals surface area (Å²) >= 11 is 0. The molecule has 2 aliphatic heterocycles. The third-order valence-corrected chi connectivity index (χ3v) is 5.22. The average molecular weight is 371 g/mol. The Kier molecular flexibility index (Phi) is 4.82. The summed E-state index contributed by atoms with van der Waals surface area (Å²) in [6.45, 7) is 6.61. The zero-order chi connectivity index (χ0) is 19.0.